The second-order valence-electron chi connectivity index (χ2n) is 8.27. The average molecular weight is 397 g/mol. The highest BCUT2D eigenvalue weighted by molar-refractivity contribution is 5.85. The van der Waals surface area contributed by atoms with Gasteiger partial charge in [-0.25, -0.2) is 4.79 Å². The summed E-state index contributed by atoms with van der Waals surface area (Å²) in [7, 11) is 1.57. The van der Waals surface area contributed by atoms with Gasteiger partial charge >= 0.3 is 5.97 Å². The van der Waals surface area contributed by atoms with Gasteiger partial charge < -0.3 is 9.47 Å². The number of esters is 1. The van der Waals surface area contributed by atoms with Gasteiger partial charge in [-0.05, 0) is 67.9 Å². The fourth-order valence-corrected chi connectivity index (χ4v) is 3.74. The van der Waals surface area contributed by atoms with Crippen molar-refractivity contribution < 1.29 is 14.3 Å². The van der Waals surface area contributed by atoms with Gasteiger partial charge in [0.25, 0.3) is 0 Å². The maximum atomic E-state index is 12.9. The van der Waals surface area contributed by atoms with E-state index >= 15 is 0 Å². The molecule has 2 aromatic carbocycles. The number of hydrogen-bond donors (Lipinski definition) is 0. The van der Waals surface area contributed by atoms with Crippen LogP contribution in [0.3, 0.4) is 0 Å². The van der Waals surface area contributed by atoms with Crippen molar-refractivity contribution in [3.63, 3.8) is 0 Å². The van der Waals surface area contributed by atoms with Gasteiger partial charge in [-0.3, -0.25) is 0 Å². The van der Waals surface area contributed by atoms with Crippen molar-refractivity contribution in [3.8, 4) is 0 Å². The molecule has 0 aliphatic carbocycles. The van der Waals surface area contributed by atoms with Crippen molar-refractivity contribution in [2.45, 2.75) is 72.0 Å². The predicted octanol–water partition coefficient (Wildman–Crippen LogP) is 7.01. The van der Waals surface area contributed by atoms with Crippen LogP contribution in [0.5, 0.6) is 0 Å². The molecule has 0 aliphatic heterocycles. The van der Waals surface area contributed by atoms with Gasteiger partial charge in [0.05, 0.1) is 0 Å². The average Bonchev–Trinajstić information content (AvgIpc) is 2.68. The molecule has 0 radical (unpaired) electrons. The van der Waals surface area contributed by atoms with Gasteiger partial charge in [-0.2, -0.15) is 0 Å². The second-order valence-corrected chi connectivity index (χ2v) is 8.27. The number of rotatable bonds is 11. The molecule has 0 saturated heterocycles. The Hall–Kier alpha value is -2.13. The van der Waals surface area contributed by atoms with Crippen molar-refractivity contribution in [2.24, 2.45) is 5.92 Å². The van der Waals surface area contributed by atoms with Crippen LogP contribution in [0.15, 0.2) is 54.1 Å². The van der Waals surface area contributed by atoms with Crippen molar-refractivity contribution >= 4 is 16.7 Å². The molecule has 29 heavy (non-hydrogen) atoms. The number of benzene rings is 2. The van der Waals surface area contributed by atoms with Gasteiger partial charge in [0, 0.05) is 7.11 Å². The smallest absolute Gasteiger partial charge is 0.340 e. The molecular formula is C26H36O3. The van der Waals surface area contributed by atoms with Gasteiger partial charge in [-0.1, -0.05) is 68.3 Å². The lowest BCUT2D eigenvalue weighted by molar-refractivity contribution is -0.162. The fourth-order valence-electron chi connectivity index (χ4n) is 3.74. The minimum atomic E-state index is -0.694. The molecule has 1 unspecified atom stereocenters. The summed E-state index contributed by atoms with van der Waals surface area (Å²) in [4.78, 5) is 12.9. The summed E-state index contributed by atoms with van der Waals surface area (Å²) in [6, 6.07) is 14.1. The Morgan fingerprint density at radius 2 is 1.79 bits per heavy atom. The molecule has 158 valence electrons. The maximum Gasteiger partial charge on any atom is 0.340 e. The van der Waals surface area contributed by atoms with E-state index in [4.69, 9.17) is 9.47 Å². The topological polar surface area (TPSA) is 35.5 Å². The molecule has 2 aromatic rings. The molecule has 0 spiro atoms. The van der Waals surface area contributed by atoms with Gasteiger partial charge in [0.1, 0.15) is 6.10 Å². The Kier molecular flexibility index (Phi) is 9.40. The molecule has 0 aliphatic rings. The normalized spacial score (nSPS) is 14.2. The van der Waals surface area contributed by atoms with E-state index in [9.17, 15) is 4.79 Å². The quantitative estimate of drug-likeness (QED) is 0.303. The van der Waals surface area contributed by atoms with E-state index in [0.29, 0.717) is 5.92 Å². The van der Waals surface area contributed by atoms with E-state index in [1.807, 2.05) is 36.4 Å². The first-order chi connectivity index (χ1) is 13.9. The molecule has 3 atom stereocenters. The number of carbonyl (C=O) groups excluding carboxylic acids is 1. The van der Waals surface area contributed by atoms with Crippen LogP contribution in [0.25, 0.3) is 10.8 Å². The highest BCUT2D eigenvalue weighted by Gasteiger charge is 2.26. The highest BCUT2D eigenvalue weighted by atomic mass is 16.6. The minimum absolute atomic E-state index is 0.0627. The highest BCUT2D eigenvalue weighted by Crippen LogP contribution is 2.26. The zero-order valence-electron chi connectivity index (χ0n) is 18.6. The third-order valence-corrected chi connectivity index (χ3v) is 5.30. The van der Waals surface area contributed by atoms with Crippen LogP contribution < -0.4 is 0 Å². The van der Waals surface area contributed by atoms with Crippen LogP contribution in [0.4, 0.5) is 0 Å². The molecular weight excluding hydrogens is 360 g/mol. The third kappa shape index (κ3) is 7.32. The molecule has 0 amide bonds. The number of carbonyl (C=O) groups is 1. The molecule has 0 fully saturated rings. The third-order valence-electron chi connectivity index (χ3n) is 5.30. The summed E-state index contributed by atoms with van der Waals surface area (Å²) in [5.74, 6) is 0.217. The van der Waals surface area contributed by atoms with E-state index in [1.165, 1.54) is 5.57 Å². The summed E-state index contributed by atoms with van der Waals surface area (Å²) in [6.45, 7) is 8.63. The van der Waals surface area contributed by atoms with Gasteiger partial charge in [0.15, 0.2) is 6.10 Å². The van der Waals surface area contributed by atoms with Crippen molar-refractivity contribution in [3.05, 3.63) is 59.7 Å². The number of fused-ring (bicyclic) bond motifs is 1. The van der Waals surface area contributed by atoms with Crippen molar-refractivity contribution in [1.82, 2.24) is 0 Å². The van der Waals surface area contributed by atoms with Gasteiger partial charge in [-0.15, -0.1) is 0 Å². The summed E-state index contributed by atoms with van der Waals surface area (Å²) in [5.41, 5.74) is 2.19. The largest absolute Gasteiger partial charge is 0.460 e. The van der Waals surface area contributed by atoms with Crippen LogP contribution in [0, 0.1) is 5.92 Å². The van der Waals surface area contributed by atoms with E-state index in [-0.39, 0.29) is 12.1 Å². The molecule has 0 bridgehead atoms. The SMILES string of the molecule is CCC[C@H](C[C@H](C)CCC=C(C)C)OC(=O)C(OC)c1ccc2ccccc2c1. The fraction of sp³-hybridized carbons (Fsp3) is 0.500. The molecule has 0 saturated carbocycles. The molecule has 2 rings (SSSR count). The number of ether oxygens (including phenoxy) is 2. The summed E-state index contributed by atoms with van der Waals surface area (Å²) in [5, 5.41) is 2.24. The lowest BCUT2D eigenvalue weighted by atomic mass is 9.95. The number of allylic oxidation sites excluding steroid dienone is 2. The van der Waals surface area contributed by atoms with Crippen LogP contribution in [0.2, 0.25) is 0 Å². The first kappa shape index (κ1) is 23.2. The summed E-state index contributed by atoms with van der Waals surface area (Å²) < 4.78 is 11.5. The number of methoxy groups -OCH3 is 1. The second kappa shape index (κ2) is 11.8. The molecule has 0 aromatic heterocycles. The Morgan fingerprint density at radius 3 is 2.45 bits per heavy atom. The van der Waals surface area contributed by atoms with Crippen LogP contribution in [-0.2, 0) is 14.3 Å². The van der Waals surface area contributed by atoms with Crippen LogP contribution in [0.1, 0.15) is 71.5 Å². The van der Waals surface area contributed by atoms with Crippen LogP contribution >= 0.6 is 0 Å². The zero-order valence-corrected chi connectivity index (χ0v) is 18.6. The molecule has 3 nitrogen and oxygen atoms in total. The molecule has 3 heteroatoms. The standard InChI is InChI=1S/C26H36O3/c1-6-10-24(17-20(4)12-9-11-19(2)3)29-26(27)25(28-5)23-16-15-21-13-7-8-14-22(21)18-23/h7-8,11,13-16,18,20,24-25H,6,9-10,12,17H2,1-5H3/t20-,24-,25?/m1/s1. The summed E-state index contributed by atoms with van der Waals surface area (Å²) in [6.07, 6.45) is 6.48. The predicted molar refractivity (Wildman–Crippen MR) is 121 cm³/mol. The zero-order chi connectivity index (χ0) is 21.2. The molecule has 0 heterocycles. The van der Waals surface area contributed by atoms with Gasteiger partial charge in [0.2, 0.25) is 0 Å². The Balaban J connectivity index is 2.04. The first-order valence-corrected chi connectivity index (χ1v) is 10.8. The lowest BCUT2D eigenvalue weighted by Crippen LogP contribution is -2.26. The summed E-state index contributed by atoms with van der Waals surface area (Å²) >= 11 is 0. The Bertz CT molecular complexity index is 804. The van der Waals surface area contributed by atoms with Crippen LogP contribution in [-0.4, -0.2) is 19.2 Å². The maximum absolute atomic E-state index is 12.9. The first-order valence-electron chi connectivity index (χ1n) is 10.8. The van der Waals surface area contributed by atoms with E-state index in [2.05, 4.69) is 39.8 Å². The lowest BCUT2D eigenvalue weighted by Gasteiger charge is -2.24. The van der Waals surface area contributed by atoms with E-state index < -0.39 is 6.10 Å². The van der Waals surface area contributed by atoms with Crippen molar-refractivity contribution in [1.29, 1.82) is 0 Å². The molecule has 0 N–H and O–H groups in total. The Morgan fingerprint density at radius 1 is 1.07 bits per heavy atom. The van der Waals surface area contributed by atoms with Crippen molar-refractivity contribution in [2.75, 3.05) is 7.11 Å². The monoisotopic (exact) mass is 396 g/mol. The number of hydrogen-bond acceptors (Lipinski definition) is 3. The van der Waals surface area contributed by atoms with E-state index in [0.717, 1.165) is 48.4 Å². The minimum Gasteiger partial charge on any atom is -0.460 e. The Labute approximate surface area is 176 Å². The van der Waals surface area contributed by atoms with E-state index in [1.54, 1.807) is 7.11 Å².